The molecule has 2 amide bonds. The number of hydrogen-bond donors (Lipinski definition) is 1. The highest BCUT2D eigenvalue weighted by molar-refractivity contribution is 8.15. The lowest BCUT2D eigenvalue weighted by atomic mass is 10.3. The van der Waals surface area contributed by atoms with E-state index in [2.05, 4.69) is 0 Å². The van der Waals surface area contributed by atoms with E-state index in [-0.39, 0.29) is 28.8 Å². The fraction of sp³-hybridized carbons (Fsp3) is 0.714. The van der Waals surface area contributed by atoms with Crippen LogP contribution in [0.5, 0.6) is 0 Å². The first kappa shape index (κ1) is 12.7. The quantitative estimate of drug-likeness (QED) is 0.772. The predicted octanol–water partition coefficient (Wildman–Crippen LogP) is 0.841. The van der Waals surface area contributed by atoms with Crippen LogP contribution in [0, 0.1) is 0 Å². The van der Waals surface area contributed by atoms with Crippen molar-refractivity contribution in [3.8, 4) is 0 Å². The van der Waals surface area contributed by atoms with Gasteiger partial charge < -0.3 is 5.73 Å². The monoisotopic (exact) mass is 224 g/mol. The molecule has 13 heavy (non-hydrogen) atoms. The Kier molecular flexibility index (Phi) is 5.36. The summed E-state index contributed by atoms with van der Waals surface area (Å²) in [4.78, 5) is 23.8. The van der Waals surface area contributed by atoms with Crippen LogP contribution >= 0.6 is 24.2 Å². The van der Waals surface area contributed by atoms with E-state index in [0.29, 0.717) is 19.5 Å². The second kappa shape index (κ2) is 5.47. The standard InChI is InChI=1S/C7H12N2O2S.ClH/c1-2-5-6(10)9(4-3-8)7(11)12-5;/h5H,2-4,8H2,1H3;1H. The third-order valence-corrected chi connectivity index (χ3v) is 2.97. The van der Waals surface area contributed by atoms with E-state index in [4.69, 9.17) is 5.73 Å². The van der Waals surface area contributed by atoms with E-state index in [0.717, 1.165) is 11.8 Å². The van der Waals surface area contributed by atoms with Gasteiger partial charge in [0.2, 0.25) is 5.91 Å². The summed E-state index contributed by atoms with van der Waals surface area (Å²) in [6.45, 7) is 2.59. The zero-order chi connectivity index (χ0) is 9.14. The lowest BCUT2D eigenvalue weighted by molar-refractivity contribution is -0.126. The molecule has 1 fully saturated rings. The molecule has 0 aromatic heterocycles. The van der Waals surface area contributed by atoms with E-state index in [1.54, 1.807) is 0 Å². The van der Waals surface area contributed by atoms with Crippen molar-refractivity contribution in [2.75, 3.05) is 13.1 Å². The van der Waals surface area contributed by atoms with Crippen molar-refractivity contribution >= 4 is 35.3 Å². The van der Waals surface area contributed by atoms with Crippen LogP contribution in [-0.2, 0) is 4.79 Å². The lowest BCUT2D eigenvalue weighted by Gasteiger charge is -2.10. The number of hydrogen-bond acceptors (Lipinski definition) is 4. The topological polar surface area (TPSA) is 63.4 Å². The molecule has 0 aromatic carbocycles. The Hall–Kier alpha value is -0.260. The minimum Gasteiger partial charge on any atom is -0.329 e. The van der Waals surface area contributed by atoms with Gasteiger partial charge in [0.25, 0.3) is 5.24 Å². The minimum atomic E-state index is -0.177. The molecule has 0 aliphatic carbocycles. The van der Waals surface area contributed by atoms with Crippen LogP contribution in [-0.4, -0.2) is 34.4 Å². The van der Waals surface area contributed by atoms with Crippen molar-refractivity contribution in [1.29, 1.82) is 0 Å². The molecule has 1 heterocycles. The van der Waals surface area contributed by atoms with E-state index < -0.39 is 0 Å². The summed E-state index contributed by atoms with van der Waals surface area (Å²) in [6.07, 6.45) is 0.705. The average Bonchev–Trinajstić information content (AvgIpc) is 2.32. The molecule has 0 spiro atoms. The van der Waals surface area contributed by atoms with Crippen LogP contribution in [0.3, 0.4) is 0 Å². The van der Waals surface area contributed by atoms with Crippen LogP contribution in [0.25, 0.3) is 0 Å². The number of rotatable bonds is 3. The molecular formula is C7H13ClN2O2S. The Balaban J connectivity index is 0.00000144. The predicted molar refractivity (Wildman–Crippen MR) is 55.1 cm³/mol. The van der Waals surface area contributed by atoms with Gasteiger partial charge in [0.05, 0.1) is 5.25 Å². The van der Waals surface area contributed by atoms with Crippen molar-refractivity contribution in [3.05, 3.63) is 0 Å². The highest BCUT2D eigenvalue weighted by Gasteiger charge is 2.37. The minimum absolute atomic E-state index is 0. The first-order valence-corrected chi connectivity index (χ1v) is 4.80. The maximum atomic E-state index is 11.4. The summed E-state index contributed by atoms with van der Waals surface area (Å²) in [5.41, 5.74) is 5.26. The number of carbonyl (C=O) groups excluding carboxylic acids is 2. The Bertz CT molecular complexity index is 213. The van der Waals surface area contributed by atoms with Crippen molar-refractivity contribution in [3.63, 3.8) is 0 Å². The number of thioether (sulfide) groups is 1. The average molecular weight is 225 g/mol. The fourth-order valence-corrected chi connectivity index (χ4v) is 2.03. The van der Waals surface area contributed by atoms with Crippen molar-refractivity contribution in [2.45, 2.75) is 18.6 Å². The first-order valence-electron chi connectivity index (χ1n) is 3.92. The van der Waals surface area contributed by atoms with Crippen molar-refractivity contribution in [1.82, 2.24) is 4.90 Å². The molecule has 1 unspecified atom stereocenters. The molecule has 6 heteroatoms. The van der Waals surface area contributed by atoms with Crippen LogP contribution in [0.15, 0.2) is 0 Å². The number of imide groups is 1. The van der Waals surface area contributed by atoms with Gasteiger partial charge >= 0.3 is 0 Å². The van der Waals surface area contributed by atoms with Gasteiger partial charge in [-0.15, -0.1) is 12.4 Å². The molecule has 1 rings (SSSR count). The summed E-state index contributed by atoms with van der Waals surface area (Å²) in [5, 5.41) is -0.332. The second-order valence-corrected chi connectivity index (χ2v) is 3.71. The first-order chi connectivity index (χ1) is 5.70. The van der Waals surface area contributed by atoms with Crippen LogP contribution in [0.4, 0.5) is 4.79 Å². The Morgan fingerprint density at radius 2 is 2.15 bits per heavy atom. The van der Waals surface area contributed by atoms with E-state index in [1.807, 2.05) is 6.92 Å². The Labute approximate surface area is 87.6 Å². The molecule has 1 aliphatic rings. The Morgan fingerprint density at radius 1 is 1.54 bits per heavy atom. The van der Waals surface area contributed by atoms with Gasteiger partial charge in [0.1, 0.15) is 0 Å². The highest BCUT2D eigenvalue weighted by Crippen LogP contribution is 2.28. The molecular weight excluding hydrogens is 212 g/mol. The summed E-state index contributed by atoms with van der Waals surface area (Å²) in [7, 11) is 0. The molecule has 1 saturated heterocycles. The van der Waals surface area contributed by atoms with E-state index >= 15 is 0 Å². The molecule has 76 valence electrons. The largest absolute Gasteiger partial charge is 0.329 e. The van der Waals surface area contributed by atoms with E-state index in [1.165, 1.54) is 4.90 Å². The number of halogens is 1. The molecule has 4 nitrogen and oxygen atoms in total. The lowest BCUT2D eigenvalue weighted by Crippen LogP contribution is -2.35. The SMILES string of the molecule is CCC1SC(=O)N(CCN)C1=O.Cl. The van der Waals surface area contributed by atoms with E-state index in [9.17, 15) is 9.59 Å². The molecule has 0 bridgehead atoms. The van der Waals surface area contributed by atoms with Gasteiger partial charge in [-0.1, -0.05) is 18.7 Å². The maximum Gasteiger partial charge on any atom is 0.289 e. The normalized spacial score (nSPS) is 22.0. The summed E-state index contributed by atoms with van der Waals surface area (Å²) >= 11 is 1.10. The molecule has 0 saturated carbocycles. The summed E-state index contributed by atoms with van der Waals surface area (Å²) in [6, 6.07) is 0. The fourth-order valence-electron chi connectivity index (χ4n) is 1.09. The molecule has 2 N–H and O–H groups in total. The number of nitrogens with zero attached hydrogens (tertiary/aromatic N) is 1. The molecule has 0 aromatic rings. The summed E-state index contributed by atoms with van der Waals surface area (Å²) in [5.74, 6) is -0.0852. The van der Waals surface area contributed by atoms with Gasteiger partial charge in [0, 0.05) is 13.1 Å². The highest BCUT2D eigenvalue weighted by atomic mass is 35.5. The molecule has 0 radical (unpaired) electrons. The molecule has 1 atom stereocenters. The number of nitrogens with two attached hydrogens (primary N) is 1. The molecule has 1 aliphatic heterocycles. The summed E-state index contributed by atoms with van der Waals surface area (Å²) < 4.78 is 0. The van der Waals surface area contributed by atoms with Gasteiger partial charge in [-0.3, -0.25) is 14.5 Å². The van der Waals surface area contributed by atoms with Gasteiger partial charge in [-0.2, -0.15) is 0 Å². The van der Waals surface area contributed by atoms with Crippen LogP contribution < -0.4 is 5.73 Å². The third kappa shape index (κ3) is 2.59. The smallest absolute Gasteiger partial charge is 0.289 e. The maximum absolute atomic E-state index is 11.4. The number of carbonyl (C=O) groups is 2. The van der Waals surface area contributed by atoms with Gasteiger partial charge in [0.15, 0.2) is 0 Å². The van der Waals surface area contributed by atoms with Gasteiger partial charge in [-0.25, -0.2) is 0 Å². The van der Waals surface area contributed by atoms with Crippen molar-refractivity contribution in [2.24, 2.45) is 5.73 Å². The zero-order valence-electron chi connectivity index (χ0n) is 7.36. The third-order valence-electron chi connectivity index (χ3n) is 1.73. The van der Waals surface area contributed by atoms with Crippen LogP contribution in [0.1, 0.15) is 13.3 Å². The van der Waals surface area contributed by atoms with Crippen molar-refractivity contribution < 1.29 is 9.59 Å². The zero-order valence-corrected chi connectivity index (χ0v) is 8.99. The Morgan fingerprint density at radius 3 is 2.54 bits per heavy atom. The number of amides is 2. The van der Waals surface area contributed by atoms with Gasteiger partial charge in [-0.05, 0) is 6.42 Å². The second-order valence-electron chi connectivity index (χ2n) is 2.56. The van der Waals surface area contributed by atoms with Crippen LogP contribution in [0.2, 0.25) is 0 Å².